The van der Waals surface area contributed by atoms with E-state index in [-0.39, 0.29) is 0 Å². The Balaban J connectivity index is 2.00. The quantitative estimate of drug-likeness (QED) is 0.683. The molecule has 0 aliphatic rings. The fourth-order valence-electron chi connectivity index (χ4n) is 1.80. The van der Waals surface area contributed by atoms with Crippen molar-refractivity contribution < 1.29 is 0 Å². The van der Waals surface area contributed by atoms with E-state index in [2.05, 4.69) is 27.5 Å². The van der Waals surface area contributed by atoms with Crippen molar-refractivity contribution in [1.29, 1.82) is 0 Å². The van der Waals surface area contributed by atoms with Gasteiger partial charge in [-0.3, -0.25) is 4.98 Å². The van der Waals surface area contributed by atoms with Crippen molar-refractivity contribution in [2.24, 2.45) is 0 Å². The van der Waals surface area contributed by atoms with Crippen LogP contribution in [0.25, 0.3) is 22.0 Å². The van der Waals surface area contributed by atoms with Gasteiger partial charge in [0.25, 0.3) is 0 Å². The summed E-state index contributed by atoms with van der Waals surface area (Å²) in [7, 11) is 0. The first-order chi connectivity index (χ1) is 8.83. The van der Waals surface area contributed by atoms with Crippen LogP contribution in [0.15, 0.2) is 53.9 Å². The summed E-state index contributed by atoms with van der Waals surface area (Å²) in [5.74, 6) is 0. The summed E-state index contributed by atoms with van der Waals surface area (Å²) in [6.45, 7) is 2.00. The molecule has 3 rings (SSSR count). The zero-order valence-corrected chi connectivity index (χ0v) is 10.8. The lowest BCUT2D eigenvalue weighted by Gasteiger charge is -1.97. The maximum atomic E-state index is 4.65. The molecule has 0 spiro atoms. The van der Waals surface area contributed by atoms with Crippen LogP contribution in [0.2, 0.25) is 0 Å². The van der Waals surface area contributed by atoms with Crippen LogP contribution < -0.4 is 0 Å². The minimum Gasteiger partial charge on any atom is -0.251 e. The van der Waals surface area contributed by atoms with Crippen LogP contribution in [-0.4, -0.2) is 9.97 Å². The van der Waals surface area contributed by atoms with Gasteiger partial charge in [-0.1, -0.05) is 36.4 Å². The standard InChI is InChI=1S/C15H12N2S/c1-11-6-5-9-13(16-11)15-17-14(10-18-15)12-7-3-2-4-8-12/h2-10H,1H3. The van der Waals surface area contributed by atoms with Crippen molar-refractivity contribution in [2.75, 3.05) is 0 Å². The zero-order chi connectivity index (χ0) is 12.4. The van der Waals surface area contributed by atoms with Gasteiger partial charge in [-0.25, -0.2) is 4.98 Å². The first-order valence-corrected chi connectivity index (χ1v) is 6.66. The topological polar surface area (TPSA) is 25.8 Å². The molecule has 18 heavy (non-hydrogen) atoms. The predicted molar refractivity (Wildman–Crippen MR) is 75.5 cm³/mol. The van der Waals surface area contributed by atoms with Gasteiger partial charge in [0.15, 0.2) is 0 Å². The van der Waals surface area contributed by atoms with Gasteiger partial charge in [-0.2, -0.15) is 0 Å². The van der Waals surface area contributed by atoms with E-state index in [0.29, 0.717) is 0 Å². The highest BCUT2D eigenvalue weighted by Gasteiger charge is 2.07. The molecule has 2 aromatic heterocycles. The number of hydrogen-bond acceptors (Lipinski definition) is 3. The van der Waals surface area contributed by atoms with Crippen molar-refractivity contribution in [3.8, 4) is 22.0 Å². The monoisotopic (exact) mass is 252 g/mol. The summed E-state index contributed by atoms with van der Waals surface area (Å²) < 4.78 is 0. The SMILES string of the molecule is Cc1cccc(-c2nc(-c3ccccc3)cs2)n1. The Morgan fingerprint density at radius 1 is 0.833 bits per heavy atom. The summed E-state index contributed by atoms with van der Waals surface area (Å²) in [6.07, 6.45) is 0. The second kappa shape index (κ2) is 4.70. The molecule has 0 saturated carbocycles. The van der Waals surface area contributed by atoms with E-state index in [9.17, 15) is 0 Å². The fourth-order valence-corrected chi connectivity index (χ4v) is 2.59. The smallest absolute Gasteiger partial charge is 0.142 e. The third kappa shape index (κ3) is 2.17. The van der Waals surface area contributed by atoms with Crippen molar-refractivity contribution in [3.63, 3.8) is 0 Å². The van der Waals surface area contributed by atoms with Gasteiger partial charge < -0.3 is 0 Å². The van der Waals surface area contributed by atoms with E-state index in [4.69, 9.17) is 0 Å². The molecule has 0 unspecified atom stereocenters. The molecule has 0 bridgehead atoms. The highest BCUT2D eigenvalue weighted by molar-refractivity contribution is 7.13. The zero-order valence-electron chi connectivity index (χ0n) is 10.00. The number of nitrogens with zero attached hydrogens (tertiary/aromatic N) is 2. The highest BCUT2D eigenvalue weighted by atomic mass is 32.1. The lowest BCUT2D eigenvalue weighted by Crippen LogP contribution is -1.85. The van der Waals surface area contributed by atoms with Gasteiger partial charge in [-0.15, -0.1) is 11.3 Å². The largest absolute Gasteiger partial charge is 0.251 e. The molecule has 1 aromatic carbocycles. The number of benzene rings is 1. The molecular formula is C15H12N2S. The minimum absolute atomic E-state index is 0.946. The van der Waals surface area contributed by atoms with Crippen LogP contribution in [0.1, 0.15) is 5.69 Å². The molecule has 0 saturated heterocycles. The third-order valence-electron chi connectivity index (χ3n) is 2.68. The summed E-state index contributed by atoms with van der Waals surface area (Å²) in [6, 6.07) is 16.2. The Hall–Kier alpha value is -2.00. The Morgan fingerprint density at radius 2 is 1.67 bits per heavy atom. The number of aryl methyl sites for hydroxylation is 1. The number of aromatic nitrogens is 2. The van der Waals surface area contributed by atoms with E-state index in [1.807, 2.05) is 43.3 Å². The minimum atomic E-state index is 0.946. The molecule has 2 nitrogen and oxygen atoms in total. The molecular weight excluding hydrogens is 240 g/mol. The number of pyridine rings is 1. The van der Waals surface area contributed by atoms with E-state index in [1.54, 1.807) is 11.3 Å². The lowest BCUT2D eigenvalue weighted by atomic mass is 10.2. The molecule has 3 heteroatoms. The van der Waals surface area contributed by atoms with Crippen LogP contribution >= 0.6 is 11.3 Å². The molecule has 0 aliphatic carbocycles. The van der Waals surface area contributed by atoms with Gasteiger partial charge >= 0.3 is 0 Å². The maximum absolute atomic E-state index is 4.65. The molecule has 0 fully saturated rings. The van der Waals surface area contributed by atoms with Crippen molar-refractivity contribution in [1.82, 2.24) is 9.97 Å². The molecule has 0 radical (unpaired) electrons. The number of rotatable bonds is 2. The average molecular weight is 252 g/mol. The maximum Gasteiger partial charge on any atom is 0.142 e. The Bertz CT molecular complexity index is 659. The van der Waals surface area contributed by atoms with E-state index in [0.717, 1.165) is 27.7 Å². The van der Waals surface area contributed by atoms with E-state index in [1.165, 1.54) is 0 Å². The van der Waals surface area contributed by atoms with E-state index >= 15 is 0 Å². The first kappa shape index (κ1) is 11.1. The van der Waals surface area contributed by atoms with Gasteiger partial charge in [-0.05, 0) is 19.1 Å². The van der Waals surface area contributed by atoms with Crippen LogP contribution in [0.5, 0.6) is 0 Å². The van der Waals surface area contributed by atoms with Gasteiger partial charge in [0.2, 0.25) is 0 Å². The normalized spacial score (nSPS) is 10.5. The average Bonchev–Trinajstić information content (AvgIpc) is 2.89. The molecule has 3 aromatic rings. The van der Waals surface area contributed by atoms with E-state index < -0.39 is 0 Å². The summed E-state index contributed by atoms with van der Waals surface area (Å²) in [5.41, 5.74) is 4.12. The molecule has 0 N–H and O–H groups in total. The van der Waals surface area contributed by atoms with Crippen LogP contribution in [-0.2, 0) is 0 Å². The van der Waals surface area contributed by atoms with Crippen molar-refractivity contribution >= 4 is 11.3 Å². The second-order valence-corrected chi connectivity index (χ2v) is 4.93. The van der Waals surface area contributed by atoms with Gasteiger partial charge in [0.1, 0.15) is 5.01 Å². The molecule has 88 valence electrons. The van der Waals surface area contributed by atoms with Crippen molar-refractivity contribution in [2.45, 2.75) is 6.92 Å². The Labute approximate surface area is 110 Å². The van der Waals surface area contributed by atoms with Crippen LogP contribution in [0, 0.1) is 6.92 Å². The Morgan fingerprint density at radius 3 is 2.44 bits per heavy atom. The van der Waals surface area contributed by atoms with Crippen LogP contribution in [0.3, 0.4) is 0 Å². The van der Waals surface area contributed by atoms with Gasteiger partial charge in [0.05, 0.1) is 11.4 Å². The highest BCUT2D eigenvalue weighted by Crippen LogP contribution is 2.27. The summed E-state index contributed by atoms with van der Waals surface area (Å²) >= 11 is 1.63. The third-order valence-corrected chi connectivity index (χ3v) is 3.55. The lowest BCUT2D eigenvalue weighted by molar-refractivity contribution is 1.19. The molecule has 2 heterocycles. The molecule has 0 amide bonds. The fraction of sp³-hybridized carbons (Fsp3) is 0.0667. The Kier molecular flexibility index (Phi) is 2.90. The van der Waals surface area contributed by atoms with Gasteiger partial charge in [0, 0.05) is 16.6 Å². The van der Waals surface area contributed by atoms with Crippen LogP contribution in [0.4, 0.5) is 0 Å². The van der Waals surface area contributed by atoms with Crippen molar-refractivity contribution in [3.05, 3.63) is 59.6 Å². The number of thiazole rings is 1. The summed E-state index contributed by atoms with van der Waals surface area (Å²) in [5, 5.41) is 3.05. The predicted octanol–water partition coefficient (Wildman–Crippen LogP) is 4.18. The molecule has 0 atom stereocenters. The first-order valence-electron chi connectivity index (χ1n) is 5.78. The summed E-state index contributed by atoms with van der Waals surface area (Å²) in [4.78, 5) is 9.15. The second-order valence-electron chi connectivity index (χ2n) is 4.07. The molecule has 0 aliphatic heterocycles. The number of hydrogen-bond donors (Lipinski definition) is 0.